The first-order valence-electron chi connectivity index (χ1n) is 10.3. The van der Waals surface area contributed by atoms with E-state index in [1.807, 2.05) is 0 Å². The molecule has 2 atom stereocenters. The maximum Gasteiger partial charge on any atom is 0.411 e. The molecule has 0 aromatic carbocycles. The SMILES string of the molecule is NC(=O)c1cnc(N[C@H]2CC[C@H](OCC(F)(F)F)CC2)nc1NC1CCC[C@H](O)C1. The fourth-order valence-corrected chi connectivity index (χ4v) is 4.00. The van der Waals surface area contributed by atoms with Crippen molar-refractivity contribution in [2.45, 2.75) is 81.8 Å². The first-order valence-corrected chi connectivity index (χ1v) is 10.3. The van der Waals surface area contributed by atoms with Crippen molar-refractivity contribution in [3.8, 4) is 0 Å². The van der Waals surface area contributed by atoms with Gasteiger partial charge in [-0.3, -0.25) is 4.79 Å². The molecule has 3 rings (SSSR count). The van der Waals surface area contributed by atoms with E-state index < -0.39 is 24.8 Å². The van der Waals surface area contributed by atoms with Crippen LogP contribution >= 0.6 is 0 Å². The molecule has 0 saturated heterocycles. The Bertz CT molecular complexity index is 726. The van der Waals surface area contributed by atoms with Crippen molar-refractivity contribution in [1.29, 1.82) is 0 Å². The van der Waals surface area contributed by atoms with Crippen molar-refractivity contribution < 1.29 is 27.8 Å². The van der Waals surface area contributed by atoms with Crippen LogP contribution in [0.25, 0.3) is 0 Å². The summed E-state index contributed by atoms with van der Waals surface area (Å²) in [5.41, 5.74) is 5.60. The van der Waals surface area contributed by atoms with Gasteiger partial charge in [-0.15, -0.1) is 0 Å². The number of carbonyl (C=O) groups is 1. The lowest BCUT2D eigenvalue weighted by atomic mass is 9.93. The number of carbonyl (C=O) groups excluding carboxylic acids is 1. The lowest BCUT2D eigenvalue weighted by molar-refractivity contribution is -0.187. The molecular weight excluding hydrogens is 403 g/mol. The van der Waals surface area contributed by atoms with Crippen LogP contribution in [-0.4, -0.2) is 58.1 Å². The summed E-state index contributed by atoms with van der Waals surface area (Å²) in [6, 6.07) is -0.0182. The van der Waals surface area contributed by atoms with Crippen LogP contribution in [0.5, 0.6) is 0 Å². The molecular formula is C19H28F3N5O3. The second-order valence-corrected chi connectivity index (χ2v) is 8.03. The van der Waals surface area contributed by atoms with Crippen molar-refractivity contribution >= 4 is 17.7 Å². The Hall–Kier alpha value is -2.14. The molecule has 30 heavy (non-hydrogen) atoms. The van der Waals surface area contributed by atoms with E-state index in [0.717, 1.165) is 19.3 Å². The van der Waals surface area contributed by atoms with E-state index in [-0.39, 0.29) is 23.8 Å². The molecule has 2 aliphatic carbocycles. The van der Waals surface area contributed by atoms with E-state index in [4.69, 9.17) is 10.5 Å². The smallest absolute Gasteiger partial charge is 0.393 e. The standard InChI is InChI=1S/C19H28F3N5O3/c20-19(21,22)10-30-14-6-4-11(5-7-14)26-18-24-9-15(16(23)29)17(27-18)25-12-2-1-3-13(28)8-12/h9,11-14,28H,1-8,10H2,(H2,23,29)(H2,24,25,26,27)/t11-,12?,13-,14-/m0/s1. The highest BCUT2D eigenvalue weighted by Gasteiger charge is 2.31. The maximum atomic E-state index is 12.3. The van der Waals surface area contributed by atoms with Crippen LogP contribution in [0.2, 0.25) is 0 Å². The van der Waals surface area contributed by atoms with Gasteiger partial charge in [0.15, 0.2) is 0 Å². The highest BCUT2D eigenvalue weighted by molar-refractivity contribution is 5.97. The van der Waals surface area contributed by atoms with Crippen molar-refractivity contribution in [2.24, 2.45) is 5.73 Å². The lowest BCUT2D eigenvalue weighted by Gasteiger charge is -2.30. The van der Waals surface area contributed by atoms with Gasteiger partial charge in [-0.2, -0.15) is 18.2 Å². The minimum Gasteiger partial charge on any atom is -0.393 e. The van der Waals surface area contributed by atoms with Crippen molar-refractivity contribution in [3.05, 3.63) is 11.8 Å². The molecule has 2 saturated carbocycles. The van der Waals surface area contributed by atoms with E-state index >= 15 is 0 Å². The van der Waals surface area contributed by atoms with Gasteiger partial charge in [0.05, 0.1) is 17.8 Å². The highest BCUT2D eigenvalue weighted by atomic mass is 19.4. The van der Waals surface area contributed by atoms with Crippen LogP contribution in [0.15, 0.2) is 6.20 Å². The number of halogens is 3. The summed E-state index contributed by atoms with van der Waals surface area (Å²) >= 11 is 0. The number of nitrogens with one attached hydrogen (secondary N) is 2. The predicted octanol–water partition coefficient (Wildman–Crippen LogP) is 2.59. The van der Waals surface area contributed by atoms with Crippen LogP contribution in [0.1, 0.15) is 61.7 Å². The van der Waals surface area contributed by atoms with E-state index in [0.29, 0.717) is 43.9 Å². The van der Waals surface area contributed by atoms with Crippen molar-refractivity contribution in [3.63, 3.8) is 0 Å². The molecule has 1 unspecified atom stereocenters. The summed E-state index contributed by atoms with van der Waals surface area (Å²) in [6.45, 7) is -1.22. The average Bonchev–Trinajstić information content (AvgIpc) is 2.67. The number of nitrogens with zero attached hydrogens (tertiary/aromatic N) is 2. The van der Waals surface area contributed by atoms with Gasteiger partial charge in [0, 0.05) is 18.3 Å². The number of hydrogen-bond donors (Lipinski definition) is 4. The number of alkyl halides is 3. The molecule has 0 spiro atoms. The first kappa shape index (κ1) is 22.5. The summed E-state index contributed by atoms with van der Waals surface area (Å²) in [7, 11) is 0. The molecule has 11 heteroatoms. The number of amides is 1. The minimum atomic E-state index is -4.32. The van der Waals surface area contributed by atoms with Gasteiger partial charge >= 0.3 is 6.18 Å². The number of hydrogen-bond acceptors (Lipinski definition) is 7. The third-order valence-corrected chi connectivity index (χ3v) is 5.53. The molecule has 8 nitrogen and oxygen atoms in total. The van der Waals surface area contributed by atoms with Crippen LogP contribution in [0.4, 0.5) is 24.9 Å². The molecule has 1 aromatic heterocycles. The molecule has 168 valence electrons. The Morgan fingerprint density at radius 2 is 1.90 bits per heavy atom. The van der Waals surface area contributed by atoms with Gasteiger partial charge in [0.25, 0.3) is 5.91 Å². The number of aromatic nitrogens is 2. The minimum absolute atomic E-state index is 0.000447. The van der Waals surface area contributed by atoms with E-state index in [2.05, 4.69) is 20.6 Å². The number of anilines is 2. The predicted molar refractivity (Wildman–Crippen MR) is 104 cm³/mol. The second-order valence-electron chi connectivity index (χ2n) is 8.03. The molecule has 1 heterocycles. The monoisotopic (exact) mass is 431 g/mol. The Balaban J connectivity index is 1.58. The molecule has 1 aromatic rings. The molecule has 2 fully saturated rings. The van der Waals surface area contributed by atoms with Gasteiger partial charge in [-0.1, -0.05) is 0 Å². The largest absolute Gasteiger partial charge is 0.411 e. The quantitative estimate of drug-likeness (QED) is 0.523. The topological polar surface area (TPSA) is 122 Å². The normalized spacial score (nSPS) is 27.5. The lowest BCUT2D eigenvalue weighted by Crippen LogP contribution is -2.33. The molecule has 0 aliphatic heterocycles. The summed E-state index contributed by atoms with van der Waals surface area (Å²) in [5, 5.41) is 16.2. The fourth-order valence-electron chi connectivity index (χ4n) is 4.00. The number of ether oxygens (including phenoxy) is 1. The Labute approximate surface area is 172 Å². The number of aliphatic hydroxyl groups is 1. The summed E-state index contributed by atoms with van der Waals surface area (Å²) in [4.78, 5) is 20.3. The number of aliphatic hydroxyl groups excluding tert-OH is 1. The van der Waals surface area contributed by atoms with Crippen molar-refractivity contribution in [1.82, 2.24) is 9.97 Å². The summed E-state index contributed by atoms with van der Waals surface area (Å²) in [5.74, 6) is -0.0115. The zero-order chi connectivity index (χ0) is 21.7. The van der Waals surface area contributed by atoms with Gasteiger partial charge in [0.1, 0.15) is 12.4 Å². The van der Waals surface area contributed by atoms with Crippen LogP contribution in [-0.2, 0) is 4.74 Å². The molecule has 0 bridgehead atoms. The zero-order valence-electron chi connectivity index (χ0n) is 16.6. The molecule has 1 amide bonds. The summed E-state index contributed by atoms with van der Waals surface area (Å²) < 4.78 is 41.8. The average molecular weight is 431 g/mol. The fraction of sp³-hybridized carbons (Fsp3) is 0.737. The van der Waals surface area contributed by atoms with Gasteiger partial charge < -0.3 is 26.2 Å². The second kappa shape index (κ2) is 9.78. The van der Waals surface area contributed by atoms with Gasteiger partial charge in [-0.25, -0.2) is 4.98 Å². The van der Waals surface area contributed by atoms with Gasteiger partial charge in [-0.05, 0) is 51.4 Å². The highest BCUT2D eigenvalue weighted by Crippen LogP contribution is 2.27. The zero-order valence-corrected chi connectivity index (χ0v) is 16.6. The maximum absolute atomic E-state index is 12.3. The number of rotatable bonds is 7. The van der Waals surface area contributed by atoms with Crippen LogP contribution in [0.3, 0.4) is 0 Å². The third kappa shape index (κ3) is 6.69. The molecule has 2 aliphatic rings. The number of primary amides is 1. The van der Waals surface area contributed by atoms with Gasteiger partial charge in [0.2, 0.25) is 5.95 Å². The Kier molecular flexibility index (Phi) is 7.35. The molecule has 5 N–H and O–H groups in total. The van der Waals surface area contributed by atoms with Crippen LogP contribution in [0, 0.1) is 0 Å². The van der Waals surface area contributed by atoms with E-state index in [1.54, 1.807) is 0 Å². The summed E-state index contributed by atoms with van der Waals surface area (Å²) in [6.07, 6.45) is 1.57. The molecule has 0 radical (unpaired) electrons. The number of nitrogens with two attached hydrogens (primary N) is 1. The Morgan fingerprint density at radius 1 is 1.17 bits per heavy atom. The van der Waals surface area contributed by atoms with Crippen LogP contribution < -0.4 is 16.4 Å². The van der Waals surface area contributed by atoms with Crippen molar-refractivity contribution in [2.75, 3.05) is 17.2 Å². The first-order chi connectivity index (χ1) is 14.2. The third-order valence-electron chi connectivity index (χ3n) is 5.53. The Morgan fingerprint density at radius 3 is 2.53 bits per heavy atom. The van der Waals surface area contributed by atoms with E-state index in [1.165, 1.54) is 6.20 Å². The van der Waals surface area contributed by atoms with E-state index in [9.17, 15) is 23.1 Å².